The Morgan fingerprint density at radius 1 is 1.31 bits per heavy atom. The van der Waals surface area contributed by atoms with Crippen LogP contribution in [0.2, 0.25) is 0 Å². The van der Waals surface area contributed by atoms with Gasteiger partial charge in [0, 0.05) is 32.2 Å². The number of aryl methyl sites for hydroxylation is 1. The molecule has 0 aromatic heterocycles. The highest BCUT2D eigenvalue weighted by atomic mass is 16.6. The lowest BCUT2D eigenvalue weighted by Crippen LogP contribution is -2.50. The molecule has 1 aliphatic heterocycles. The fourth-order valence-corrected chi connectivity index (χ4v) is 3.10. The number of rotatable bonds is 6. The van der Waals surface area contributed by atoms with Crippen LogP contribution in [0.5, 0.6) is 0 Å². The van der Waals surface area contributed by atoms with Crippen molar-refractivity contribution in [3.05, 3.63) is 35.4 Å². The molecule has 1 aliphatic rings. The second-order valence-electron chi connectivity index (χ2n) is 6.60. The molecule has 1 amide bonds. The molecule has 1 heterocycles. The van der Waals surface area contributed by atoms with E-state index < -0.39 is 0 Å². The summed E-state index contributed by atoms with van der Waals surface area (Å²) in [6, 6.07) is 8.89. The van der Waals surface area contributed by atoms with E-state index in [1.807, 2.05) is 6.92 Å². The molecule has 6 heteroatoms. The zero-order valence-corrected chi connectivity index (χ0v) is 16.3. The number of hydrogen-bond donors (Lipinski definition) is 2. The number of hydrogen-bond acceptors (Lipinski definition) is 3. The summed E-state index contributed by atoms with van der Waals surface area (Å²) in [5.41, 5.74) is 2.59. The minimum atomic E-state index is -0.204. The van der Waals surface area contributed by atoms with Crippen molar-refractivity contribution in [3.63, 3.8) is 0 Å². The van der Waals surface area contributed by atoms with E-state index >= 15 is 0 Å². The standard InChI is InChI=1S/C20H32N4O2/c1-4-21-19(22-12-9-17-8-6-7-16(3)15-17)23-18-10-13-24(14-11-18)20(25)26-5-2/h6-8,15,18H,4-5,9-14H2,1-3H3,(H2,21,22,23). The molecule has 0 unspecified atom stereocenters. The predicted molar refractivity (Wildman–Crippen MR) is 106 cm³/mol. The Labute approximate surface area is 157 Å². The molecule has 0 radical (unpaired) electrons. The Bertz CT molecular complexity index is 595. The van der Waals surface area contributed by atoms with Crippen LogP contribution >= 0.6 is 0 Å². The largest absolute Gasteiger partial charge is 0.450 e. The topological polar surface area (TPSA) is 66.0 Å². The average molecular weight is 361 g/mol. The van der Waals surface area contributed by atoms with Crippen molar-refractivity contribution in [3.8, 4) is 0 Å². The number of amides is 1. The number of carbonyl (C=O) groups is 1. The van der Waals surface area contributed by atoms with Gasteiger partial charge in [0.25, 0.3) is 0 Å². The number of carbonyl (C=O) groups excluding carboxylic acids is 1. The van der Waals surface area contributed by atoms with Crippen LogP contribution in [0.25, 0.3) is 0 Å². The summed E-state index contributed by atoms with van der Waals surface area (Å²) in [7, 11) is 0. The minimum absolute atomic E-state index is 0.204. The molecule has 0 atom stereocenters. The molecule has 6 nitrogen and oxygen atoms in total. The number of nitrogens with zero attached hydrogens (tertiary/aromatic N) is 2. The van der Waals surface area contributed by atoms with Gasteiger partial charge in [-0.3, -0.25) is 4.99 Å². The molecule has 0 saturated carbocycles. The Morgan fingerprint density at radius 2 is 2.08 bits per heavy atom. The van der Waals surface area contributed by atoms with Gasteiger partial charge in [0.15, 0.2) is 5.96 Å². The summed E-state index contributed by atoms with van der Waals surface area (Å²) in [6.07, 6.45) is 2.53. The van der Waals surface area contributed by atoms with Crippen LogP contribution in [0.1, 0.15) is 37.8 Å². The van der Waals surface area contributed by atoms with Crippen molar-refractivity contribution < 1.29 is 9.53 Å². The van der Waals surface area contributed by atoms with Crippen molar-refractivity contribution >= 4 is 12.1 Å². The summed E-state index contributed by atoms with van der Waals surface area (Å²) in [4.78, 5) is 18.3. The number of ether oxygens (including phenoxy) is 1. The molecule has 1 aromatic rings. The Hall–Kier alpha value is -2.24. The summed E-state index contributed by atoms with van der Waals surface area (Å²) in [5.74, 6) is 0.856. The average Bonchev–Trinajstić information content (AvgIpc) is 2.63. The van der Waals surface area contributed by atoms with Crippen molar-refractivity contribution in [2.75, 3.05) is 32.8 Å². The smallest absolute Gasteiger partial charge is 0.409 e. The Morgan fingerprint density at radius 3 is 2.73 bits per heavy atom. The van der Waals surface area contributed by atoms with Crippen molar-refractivity contribution in [2.45, 2.75) is 46.1 Å². The molecule has 1 aromatic carbocycles. The van der Waals surface area contributed by atoms with Gasteiger partial charge in [-0.05, 0) is 45.6 Å². The van der Waals surface area contributed by atoms with E-state index in [4.69, 9.17) is 9.73 Å². The van der Waals surface area contributed by atoms with E-state index in [1.165, 1.54) is 11.1 Å². The molecule has 0 spiro atoms. The van der Waals surface area contributed by atoms with Gasteiger partial charge in [-0.25, -0.2) is 4.79 Å². The van der Waals surface area contributed by atoms with Crippen molar-refractivity contribution in [1.29, 1.82) is 0 Å². The molecular formula is C20H32N4O2. The number of aliphatic imine (C=N–C) groups is 1. The minimum Gasteiger partial charge on any atom is -0.450 e. The highest BCUT2D eigenvalue weighted by Gasteiger charge is 2.23. The van der Waals surface area contributed by atoms with Crippen molar-refractivity contribution in [1.82, 2.24) is 15.5 Å². The maximum atomic E-state index is 11.8. The number of nitrogens with one attached hydrogen (secondary N) is 2. The molecule has 144 valence electrons. The zero-order chi connectivity index (χ0) is 18.8. The maximum Gasteiger partial charge on any atom is 0.409 e. The van der Waals surface area contributed by atoms with Gasteiger partial charge < -0.3 is 20.3 Å². The van der Waals surface area contributed by atoms with Crippen LogP contribution < -0.4 is 10.6 Å². The molecule has 1 saturated heterocycles. The van der Waals surface area contributed by atoms with Crippen LogP contribution in [0.4, 0.5) is 4.79 Å². The second-order valence-corrected chi connectivity index (χ2v) is 6.60. The zero-order valence-electron chi connectivity index (χ0n) is 16.3. The first-order valence-electron chi connectivity index (χ1n) is 9.64. The highest BCUT2D eigenvalue weighted by molar-refractivity contribution is 5.80. The molecule has 0 bridgehead atoms. The quantitative estimate of drug-likeness (QED) is 0.605. The van der Waals surface area contributed by atoms with Crippen LogP contribution in [0.15, 0.2) is 29.3 Å². The fourth-order valence-electron chi connectivity index (χ4n) is 3.10. The van der Waals surface area contributed by atoms with Crippen LogP contribution in [0.3, 0.4) is 0 Å². The van der Waals surface area contributed by atoms with E-state index in [2.05, 4.69) is 48.7 Å². The predicted octanol–water partition coefficient (Wildman–Crippen LogP) is 2.71. The van der Waals surface area contributed by atoms with Gasteiger partial charge in [-0.1, -0.05) is 29.8 Å². The molecule has 0 aliphatic carbocycles. The van der Waals surface area contributed by atoms with E-state index in [0.717, 1.165) is 51.4 Å². The lowest BCUT2D eigenvalue weighted by atomic mass is 10.1. The Balaban J connectivity index is 1.81. The number of benzene rings is 1. The van der Waals surface area contributed by atoms with E-state index in [-0.39, 0.29) is 6.09 Å². The monoisotopic (exact) mass is 360 g/mol. The van der Waals surface area contributed by atoms with Gasteiger partial charge >= 0.3 is 6.09 Å². The van der Waals surface area contributed by atoms with E-state index in [1.54, 1.807) is 4.90 Å². The fraction of sp³-hybridized carbons (Fsp3) is 0.600. The number of likely N-dealkylation sites (tertiary alicyclic amines) is 1. The summed E-state index contributed by atoms with van der Waals surface area (Å²) in [5, 5.41) is 6.82. The van der Waals surface area contributed by atoms with Gasteiger partial charge in [0.1, 0.15) is 0 Å². The highest BCUT2D eigenvalue weighted by Crippen LogP contribution is 2.11. The first-order chi connectivity index (χ1) is 12.6. The molecule has 26 heavy (non-hydrogen) atoms. The summed E-state index contributed by atoms with van der Waals surface area (Å²) < 4.78 is 5.07. The summed E-state index contributed by atoms with van der Waals surface area (Å²) in [6.45, 7) is 9.47. The van der Waals surface area contributed by atoms with E-state index in [0.29, 0.717) is 12.6 Å². The van der Waals surface area contributed by atoms with Gasteiger partial charge in [-0.2, -0.15) is 0 Å². The van der Waals surface area contributed by atoms with Crippen LogP contribution in [-0.4, -0.2) is 55.8 Å². The normalized spacial score (nSPS) is 15.7. The molecule has 2 N–H and O–H groups in total. The van der Waals surface area contributed by atoms with Gasteiger partial charge in [-0.15, -0.1) is 0 Å². The third-order valence-electron chi connectivity index (χ3n) is 4.46. The third kappa shape index (κ3) is 6.58. The van der Waals surface area contributed by atoms with Gasteiger partial charge in [0.05, 0.1) is 6.61 Å². The van der Waals surface area contributed by atoms with Gasteiger partial charge in [0.2, 0.25) is 0 Å². The lowest BCUT2D eigenvalue weighted by molar-refractivity contribution is 0.0963. The third-order valence-corrected chi connectivity index (χ3v) is 4.46. The first kappa shape index (κ1) is 20.1. The molecular weight excluding hydrogens is 328 g/mol. The molecule has 2 rings (SSSR count). The SMILES string of the molecule is CCNC(=NCCc1cccc(C)c1)NC1CCN(C(=O)OCC)CC1. The summed E-state index contributed by atoms with van der Waals surface area (Å²) >= 11 is 0. The maximum absolute atomic E-state index is 11.8. The van der Waals surface area contributed by atoms with Crippen LogP contribution in [-0.2, 0) is 11.2 Å². The Kier molecular flexibility index (Phi) is 8.25. The number of piperidine rings is 1. The van der Waals surface area contributed by atoms with Crippen LogP contribution in [0, 0.1) is 6.92 Å². The molecule has 1 fully saturated rings. The lowest BCUT2D eigenvalue weighted by Gasteiger charge is -2.32. The number of guanidine groups is 1. The first-order valence-corrected chi connectivity index (χ1v) is 9.64. The van der Waals surface area contributed by atoms with Crippen molar-refractivity contribution in [2.24, 2.45) is 4.99 Å². The second kappa shape index (κ2) is 10.7. The van der Waals surface area contributed by atoms with E-state index in [9.17, 15) is 4.79 Å².